The minimum Gasteiger partial charge on any atom is -0.489 e. The summed E-state index contributed by atoms with van der Waals surface area (Å²) in [5, 5.41) is 6.39. The van der Waals surface area contributed by atoms with E-state index in [0.717, 1.165) is 41.4 Å². The second-order valence-corrected chi connectivity index (χ2v) is 6.64. The van der Waals surface area contributed by atoms with Crippen molar-refractivity contribution in [3.05, 3.63) is 50.7 Å². The van der Waals surface area contributed by atoms with Gasteiger partial charge in [0.1, 0.15) is 11.9 Å². The quantitative estimate of drug-likeness (QED) is 0.777. The van der Waals surface area contributed by atoms with Crippen LogP contribution in [0.2, 0.25) is 5.02 Å². The minimum atomic E-state index is 0.171. The number of halogens is 1. The maximum absolute atomic E-state index is 6.19. The van der Waals surface area contributed by atoms with Gasteiger partial charge in [-0.05, 0) is 55.0 Å². The highest BCUT2D eigenvalue weighted by Gasteiger charge is 2.10. The molecule has 0 saturated heterocycles. The first-order chi connectivity index (χ1) is 10.1. The SMILES string of the molecule is CCC(CNCc1cccs1)Oc1cc(C)c(Cl)c(C)c1. The van der Waals surface area contributed by atoms with E-state index in [1.165, 1.54) is 4.88 Å². The van der Waals surface area contributed by atoms with Gasteiger partial charge >= 0.3 is 0 Å². The Morgan fingerprint density at radius 2 is 2.00 bits per heavy atom. The van der Waals surface area contributed by atoms with Crippen LogP contribution in [0.4, 0.5) is 0 Å². The number of hydrogen-bond acceptors (Lipinski definition) is 3. The second-order valence-electron chi connectivity index (χ2n) is 5.23. The van der Waals surface area contributed by atoms with E-state index in [2.05, 4.69) is 29.8 Å². The fourth-order valence-corrected chi connectivity index (χ4v) is 2.99. The van der Waals surface area contributed by atoms with Crippen LogP contribution in [0, 0.1) is 13.8 Å². The molecule has 1 heterocycles. The van der Waals surface area contributed by atoms with E-state index in [0.29, 0.717) is 0 Å². The summed E-state index contributed by atoms with van der Waals surface area (Å²) in [6.07, 6.45) is 1.14. The summed E-state index contributed by atoms with van der Waals surface area (Å²) in [5.74, 6) is 0.902. The Morgan fingerprint density at radius 3 is 2.57 bits per heavy atom. The Hall–Kier alpha value is -1.03. The highest BCUT2D eigenvalue weighted by Crippen LogP contribution is 2.26. The standard InChI is InChI=1S/C17H22ClNOS/c1-4-14(10-19-11-16-6-5-7-21-16)20-15-8-12(2)17(18)13(3)9-15/h5-9,14,19H,4,10-11H2,1-3H3. The molecule has 21 heavy (non-hydrogen) atoms. The molecule has 114 valence electrons. The zero-order valence-corrected chi connectivity index (χ0v) is 14.4. The molecule has 0 saturated carbocycles. The predicted octanol–water partition coefficient (Wildman–Crippen LogP) is 4.97. The molecule has 1 atom stereocenters. The molecule has 0 aliphatic carbocycles. The van der Waals surface area contributed by atoms with Crippen molar-refractivity contribution < 1.29 is 4.74 Å². The average Bonchev–Trinajstić information content (AvgIpc) is 2.96. The van der Waals surface area contributed by atoms with E-state index in [4.69, 9.17) is 16.3 Å². The molecule has 2 aromatic rings. The van der Waals surface area contributed by atoms with E-state index in [9.17, 15) is 0 Å². The van der Waals surface area contributed by atoms with E-state index in [1.807, 2.05) is 26.0 Å². The van der Waals surface area contributed by atoms with Crippen molar-refractivity contribution in [2.75, 3.05) is 6.54 Å². The summed E-state index contributed by atoms with van der Waals surface area (Å²) in [5.41, 5.74) is 2.13. The summed E-state index contributed by atoms with van der Waals surface area (Å²) in [4.78, 5) is 1.35. The Balaban J connectivity index is 1.89. The molecule has 1 aromatic heterocycles. The van der Waals surface area contributed by atoms with Crippen LogP contribution in [0.5, 0.6) is 5.75 Å². The molecule has 0 bridgehead atoms. The van der Waals surface area contributed by atoms with E-state index in [-0.39, 0.29) is 6.10 Å². The first-order valence-corrected chi connectivity index (χ1v) is 8.52. The Morgan fingerprint density at radius 1 is 1.29 bits per heavy atom. The van der Waals surface area contributed by atoms with Gasteiger partial charge in [0.2, 0.25) is 0 Å². The van der Waals surface area contributed by atoms with Crippen LogP contribution in [0.25, 0.3) is 0 Å². The summed E-state index contributed by atoms with van der Waals surface area (Å²) in [6.45, 7) is 7.91. The van der Waals surface area contributed by atoms with Crippen molar-refractivity contribution in [1.82, 2.24) is 5.32 Å². The van der Waals surface area contributed by atoms with Crippen molar-refractivity contribution in [2.24, 2.45) is 0 Å². The third kappa shape index (κ3) is 4.73. The maximum Gasteiger partial charge on any atom is 0.120 e. The van der Waals surface area contributed by atoms with Gasteiger partial charge in [0.05, 0.1) is 0 Å². The summed E-state index contributed by atoms with van der Waals surface area (Å²) >= 11 is 7.97. The topological polar surface area (TPSA) is 21.3 Å². The fourth-order valence-electron chi connectivity index (χ4n) is 2.21. The number of benzene rings is 1. The van der Waals surface area contributed by atoms with E-state index < -0.39 is 0 Å². The number of aryl methyl sites for hydroxylation is 2. The number of rotatable bonds is 7. The van der Waals surface area contributed by atoms with Crippen molar-refractivity contribution in [3.8, 4) is 5.75 Å². The van der Waals surface area contributed by atoms with E-state index >= 15 is 0 Å². The van der Waals surface area contributed by atoms with Crippen LogP contribution in [-0.4, -0.2) is 12.6 Å². The molecule has 0 amide bonds. The van der Waals surface area contributed by atoms with Crippen molar-refractivity contribution in [3.63, 3.8) is 0 Å². The maximum atomic E-state index is 6.19. The highest BCUT2D eigenvalue weighted by atomic mass is 35.5. The van der Waals surface area contributed by atoms with Crippen LogP contribution in [0.15, 0.2) is 29.6 Å². The lowest BCUT2D eigenvalue weighted by Gasteiger charge is -2.19. The molecule has 2 nitrogen and oxygen atoms in total. The molecule has 1 N–H and O–H groups in total. The van der Waals surface area contributed by atoms with Crippen LogP contribution in [0.3, 0.4) is 0 Å². The van der Waals surface area contributed by atoms with Crippen LogP contribution < -0.4 is 10.1 Å². The van der Waals surface area contributed by atoms with Crippen molar-refractivity contribution in [2.45, 2.75) is 39.8 Å². The average molecular weight is 324 g/mol. The van der Waals surface area contributed by atoms with Gasteiger partial charge < -0.3 is 10.1 Å². The molecule has 0 spiro atoms. The largest absolute Gasteiger partial charge is 0.489 e. The van der Waals surface area contributed by atoms with Crippen LogP contribution in [0.1, 0.15) is 29.3 Å². The molecular formula is C17H22ClNOS. The molecule has 0 aliphatic rings. The van der Waals surface area contributed by atoms with Gasteiger partial charge in [-0.25, -0.2) is 0 Å². The Kier molecular flexibility index (Phi) is 6.09. The lowest BCUT2D eigenvalue weighted by Crippen LogP contribution is -2.30. The van der Waals surface area contributed by atoms with Gasteiger partial charge in [-0.3, -0.25) is 0 Å². The zero-order valence-electron chi connectivity index (χ0n) is 12.8. The molecule has 1 aromatic carbocycles. The van der Waals surface area contributed by atoms with Gasteiger partial charge in [-0.1, -0.05) is 24.6 Å². The lowest BCUT2D eigenvalue weighted by atomic mass is 10.1. The normalized spacial score (nSPS) is 12.4. The molecule has 0 fully saturated rings. The monoisotopic (exact) mass is 323 g/mol. The van der Waals surface area contributed by atoms with Crippen LogP contribution >= 0.6 is 22.9 Å². The first kappa shape index (κ1) is 16.3. The highest BCUT2D eigenvalue weighted by molar-refractivity contribution is 7.09. The number of hydrogen-bond donors (Lipinski definition) is 1. The number of thiophene rings is 1. The smallest absolute Gasteiger partial charge is 0.120 e. The fraction of sp³-hybridized carbons (Fsp3) is 0.412. The van der Waals surface area contributed by atoms with Gasteiger partial charge in [0.15, 0.2) is 0 Å². The number of nitrogens with one attached hydrogen (secondary N) is 1. The summed E-state index contributed by atoms with van der Waals surface area (Å²) in [7, 11) is 0. The number of ether oxygens (including phenoxy) is 1. The third-order valence-corrected chi connectivity index (χ3v) is 4.89. The Bertz CT molecular complexity index is 545. The molecule has 0 aliphatic heterocycles. The molecule has 2 rings (SSSR count). The zero-order chi connectivity index (χ0) is 15.2. The summed E-state index contributed by atoms with van der Waals surface area (Å²) < 4.78 is 6.08. The van der Waals surface area contributed by atoms with Gasteiger partial charge in [-0.2, -0.15) is 0 Å². The third-order valence-electron chi connectivity index (χ3n) is 3.42. The van der Waals surface area contributed by atoms with E-state index in [1.54, 1.807) is 11.3 Å². The lowest BCUT2D eigenvalue weighted by molar-refractivity contribution is 0.193. The first-order valence-electron chi connectivity index (χ1n) is 7.26. The molecule has 1 unspecified atom stereocenters. The molecule has 4 heteroatoms. The second kappa shape index (κ2) is 7.83. The van der Waals surface area contributed by atoms with Crippen molar-refractivity contribution in [1.29, 1.82) is 0 Å². The van der Waals surface area contributed by atoms with Crippen molar-refractivity contribution >= 4 is 22.9 Å². The van der Waals surface area contributed by atoms with Gasteiger partial charge in [0, 0.05) is 23.0 Å². The predicted molar refractivity (Wildman–Crippen MR) is 91.7 cm³/mol. The molecule has 0 radical (unpaired) electrons. The van der Waals surface area contributed by atoms with Crippen LogP contribution in [-0.2, 0) is 6.54 Å². The summed E-state index contributed by atoms with van der Waals surface area (Å²) in [6, 6.07) is 8.24. The Labute approximate surface area is 136 Å². The minimum absolute atomic E-state index is 0.171. The molecular weight excluding hydrogens is 302 g/mol. The van der Waals surface area contributed by atoms with Gasteiger partial charge in [-0.15, -0.1) is 11.3 Å². The van der Waals surface area contributed by atoms with Gasteiger partial charge in [0.25, 0.3) is 0 Å².